The Bertz CT molecular complexity index is 1370. The SMILES string of the molecule is CCCCCCCCCCCCCCCCNC(=O)c1cc(OCC(C(C(=O)O)C(=O)O)C(S)C(C(=O)O)C(=O)O)c2ccccc2c1O. The van der Waals surface area contributed by atoms with Crippen LogP contribution < -0.4 is 10.1 Å². The highest BCUT2D eigenvalue weighted by Gasteiger charge is 2.46. The summed E-state index contributed by atoms with van der Waals surface area (Å²) in [6.07, 6.45) is 16.8. The first-order valence-electron chi connectivity index (χ1n) is 17.2. The number of unbranched alkanes of at least 4 members (excludes halogenated alkanes) is 13. The van der Waals surface area contributed by atoms with Gasteiger partial charge in [0.2, 0.25) is 0 Å². The number of nitrogens with one attached hydrogen (secondary N) is 1. The number of hydrogen-bond donors (Lipinski definition) is 7. The minimum Gasteiger partial charge on any atom is -0.506 e. The van der Waals surface area contributed by atoms with Gasteiger partial charge in [0, 0.05) is 28.5 Å². The van der Waals surface area contributed by atoms with E-state index in [4.69, 9.17) is 4.74 Å². The fraction of sp³-hybridized carbons (Fsp3) is 0.583. The highest BCUT2D eigenvalue weighted by Crippen LogP contribution is 2.37. The molecule has 1 amide bonds. The predicted octanol–water partition coefficient (Wildman–Crippen LogP) is 6.62. The second-order valence-electron chi connectivity index (χ2n) is 12.4. The smallest absolute Gasteiger partial charge is 0.319 e. The number of phenols is 1. The van der Waals surface area contributed by atoms with Gasteiger partial charge in [-0.3, -0.25) is 24.0 Å². The zero-order valence-electron chi connectivity index (χ0n) is 28.1. The van der Waals surface area contributed by atoms with E-state index < -0.39 is 59.4 Å². The van der Waals surface area contributed by atoms with Gasteiger partial charge in [-0.05, 0) is 12.5 Å². The molecule has 6 N–H and O–H groups in total. The van der Waals surface area contributed by atoms with Crippen LogP contribution in [-0.4, -0.2) is 73.7 Å². The number of hydrogen-bond acceptors (Lipinski definition) is 8. The summed E-state index contributed by atoms with van der Waals surface area (Å²) in [5, 5.41) is 50.6. The zero-order valence-corrected chi connectivity index (χ0v) is 29.0. The van der Waals surface area contributed by atoms with Crippen LogP contribution in [0.15, 0.2) is 30.3 Å². The summed E-state index contributed by atoms with van der Waals surface area (Å²) in [5.41, 5.74) is -0.139. The molecule has 12 nitrogen and oxygen atoms in total. The fourth-order valence-electron chi connectivity index (χ4n) is 5.93. The third-order valence-electron chi connectivity index (χ3n) is 8.74. The number of rotatable bonds is 26. The molecule has 0 fully saturated rings. The van der Waals surface area contributed by atoms with Crippen LogP contribution in [-0.2, 0) is 19.2 Å². The van der Waals surface area contributed by atoms with Gasteiger partial charge in [-0.15, -0.1) is 0 Å². The van der Waals surface area contributed by atoms with Crippen molar-refractivity contribution < 1.29 is 54.2 Å². The lowest BCUT2D eigenvalue weighted by atomic mass is 9.84. The Kier molecular flexibility index (Phi) is 18.4. The molecule has 0 bridgehead atoms. The second kappa shape index (κ2) is 21.9. The lowest BCUT2D eigenvalue weighted by Gasteiger charge is -2.29. The normalized spacial score (nSPS) is 12.6. The van der Waals surface area contributed by atoms with Gasteiger partial charge in [-0.25, -0.2) is 0 Å². The van der Waals surface area contributed by atoms with Gasteiger partial charge >= 0.3 is 23.9 Å². The first kappa shape index (κ1) is 41.2. The van der Waals surface area contributed by atoms with Crippen LogP contribution in [0.1, 0.15) is 107 Å². The molecule has 49 heavy (non-hydrogen) atoms. The highest BCUT2D eigenvalue weighted by atomic mass is 32.1. The molecule has 2 unspecified atom stereocenters. The van der Waals surface area contributed by atoms with Crippen molar-refractivity contribution in [1.29, 1.82) is 0 Å². The van der Waals surface area contributed by atoms with E-state index in [2.05, 4.69) is 24.9 Å². The van der Waals surface area contributed by atoms with E-state index in [1.54, 1.807) is 18.2 Å². The van der Waals surface area contributed by atoms with Gasteiger partial charge in [-0.2, -0.15) is 12.6 Å². The van der Waals surface area contributed by atoms with Crippen LogP contribution in [0.3, 0.4) is 0 Å². The van der Waals surface area contributed by atoms with E-state index in [0.29, 0.717) is 11.9 Å². The van der Waals surface area contributed by atoms with Crippen LogP contribution in [0.4, 0.5) is 0 Å². The van der Waals surface area contributed by atoms with Crippen LogP contribution in [0, 0.1) is 17.8 Å². The summed E-state index contributed by atoms with van der Waals surface area (Å²) < 4.78 is 5.82. The lowest BCUT2D eigenvalue weighted by molar-refractivity contribution is -0.162. The maximum atomic E-state index is 13.1. The number of aromatic hydroxyl groups is 1. The molecule has 13 heteroatoms. The molecular weight excluding hydrogens is 654 g/mol. The third-order valence-corrected chi connectivity index (χ3v) is 9.42. The van der Waals surface area contributed by atoms with Crippen molar-refractivity contribution in [1.82, 2.24) is 5.32 Å². The predicted molar refractivity (Wildman–Crippen MR) is 188 cm³/mol. The Hall–Kier alpha value is -4.00. The van der Waals surface area contributed by atoms with Gasteiger partial charge in [0.1, 0.15) is 11.5 Å². The third kappa shape index (κ3) is 13.1. The topological polar surface area (TPSA) is 208 Å². The molecule has 0 aromatic heterocycles. The van der Waals surface area contributed by atoms with E-state index >= 15 is 0 Å². The number of carbonyl (C=O) groups excluding carboxylic acids is 1. The van der Waals surface area contributed by atoms with Crippen molar-refractivity contribution in [2.75, 3.05) is 13.2 Å². The number of carboxylic acid groups (broad SMARTS) is 4. The summed E-state index contributed by atoms with van der Waals surface area (Å²) in [6, 6.07) is 7.54. The van der Waals surface area contributed by atoms with Crippen LogP contribution in [0.25, 0.3) is 10.8 Å². The molecule has 2 rings (SSSR count). The number of ether oxygens (including phenoxy) is 1. The first-order valence-corrected chi connectivity index (χ1v) is 17.7. The maximum absolute atomic E-state index is 13.1. The molecule has 2 atom stereocenters. The molecule has 0 radical (unpaired) electrons. The van der Waals surface area contributed by atoms with E-state index in [1.165, 1.54) is 76.3 Å². The summed E-state index contributed by atoms with van der Waals surface area (Å²) in [5.74, 6) is -14.5. The standard InChI is InChI=1S/C36H51NO11S/c1-2-3-4-5-6-7-8-9-10-11-12-13-14-17-20-37-32(39)25-21-27(23-18-15-16-19-24(23)30(25)38)48-22-26(28(33(40)41)34(42)43)31(49)29(35(44)45)36(46)47/h15-16,18-19,21,26,28-29,31,38,49H,2-14,17,20,22H2,1H3,(H,37,39)(H,40,41)(H,42,43)(H,44,45)(H,46,47). The number of fused-ring (bicyclic) bond motifs is 1. The van der Waals surface area contributed by atoms with Crippen LogP contribution in [0.5, 0.6) is 11.5 Å². The molecule has 0 aliphatic carbocycles. The number of amides is 1. The van der Waals surface area contributed by atoms with Gasteiger partial charge in [0.25, 0.3) is 5.91 Å². The number of aliphatic carboxylic acids is 4. The Balaban J connectivity index is 2.03. The van der Waals surface area contributed by atoms with E-state index in [1.807, 2.05) is 0 Å². The van der Waals surface area contributed by atoms with Crippen molar-refractivity contribution in [2.24, 2.45) is 17.8 Å². The maximum Gasteiger partial charge on any atom is 0.319 e. The van der Waals surface area contributed by atoms with Crippen molar-refractivity contribution in [3.05, 3.63) is 35.9 Å². The lowest BCUT2D eigenvalue weighted by Crippen LogP contribution is -2.46. The molecule has 0 saturated carbocycles. The van der Waals surface area contributed by atoms with Crippen LogP contribution >= 0.6 is 12.6 Å². The van der Waals surface area contributed by atoms with E-state index in [0.717, 1.165) is 25.7 Å². The Labute approximate surface area is 292 Å². The minimum atomic E-state index is -2.26. The molecular formula is C36H51NO11S. The molecule has 0 aliphatic rings. The first-order chi connectivity index (χ1) is 23.4. The van der Waals surface area contributed by atoms with E-state index in [9.17, 15) is 49.5 Å². The average molecular weight is 706 g/mol. The molecule has 0 spiro atoms. The van der Waals surface area contributed by atoms with Crippen molar-refractivity contribution in [3.63, 3.8) is 0 Å². The Morgan fingerprint density at radius 3 is 1.61 bits per heavy atom. The summed E-state index contributed by atoms with van der Waals surface area (Å²) in [6.45, 7) is 1.82. The quantitative estimate of drug-likeness (QED) is 0.0314. The van der Waals surface area contributed by atoms with Gasteiger partial charge in [0.05, 0.1) is 12.2 Å². The number of phenolic OH excluding ortho intramolecular Hbond substituents is 1. The minimum absolute atomic E-state index is 0.0303. The van der Waals surface area contributed by atoms with Crippen molar-refractivity contribution in [2.45, 2.75) is 102 Å². The largest absolute Gasteiger partial charge is 0.506 e. The molecule has 272 valence electrons. The summed E-state index contributed by atoms with van der Waals surface area (Å²) in [4.78, 5) is 60.3. The van der Waals surface area contributed by atoms with E-state index in [-0.39, 0.29) is 22.4 Å². The second-order valence-corrected chi connectivity index (χ2v) is 13.0. The monoisotopic (exact) mass is 705 g/mol. The van der Waals surface area contributed by atoms with Gasteiger partial charge < -0.3 is 35.6 Å². The number of benzene rings is 2. The number of carbonyl (C=O) groups is 5. The van der Waals surface area contributed by atoms with Gasteiger partial charge in [0.15, 0.2) is 11.8 Å². The number of carboxylic acids is 4. The van der Waals surface area contributed by atoms with Crippen molar-refractivity contribution >= 4 is 53.2 Å². The molecule has 2 aromatic carbocycles. The average Bonchev–Trinajstić information content (AvgIpc) is 3.04. The zero-order chi connectivity index (χ0) is 36.3. The molecule has 0 aliphatic heterocycles. The Morgan fingerprint density at radius 1 is 0.694 bits per heavy atom. The van der Waals surface area contributed by atoms with Crippen LogP contribution in [0.2, 0.25) is 0 Å². The number of thiol groups is 1. The highest BCUT2D eigenvalue weighted by molar-refractivity contribution is 7.81. The summed E-state index contributed by atoms with van der Waals surface area (Å²) >= 11 is 4.05. The molecule has 0 heterocycles. The molecule has 0 saturated heterocycles. The van der Waals surface area contributed by atoms with Crippen molar-refractivity contribution in [3.8, 4) is 11.5 Å². The Morgan fingerprint density at radius 2 is 1.14 bits per heavy atom. The summed E-state index contributed by atoms with van der Waals surface area (Å²) in [7, 11) is 0. The molecule has 2 aromatic rings. The fourth-order valence-corrected chi connectivity index (χ4v) is 6.44. The van der Waals surface area contributed by atoms with Gasteiger partial charge in [-0.1, -0.05) is 115 Å².